The molecule has 4 rings (SSSR count). The van der Waals surface area contributed by atoms with E-state index in [2.05, 4.69) is 0 Å². The fourth-order valence-corrected chi connectivity index (χ4v) is 3.81. The number of carbonyl (C=O) groups excluding carboxylic acids is 1. The molecule has 3 aromatic carbocycles. The maximum atomic E-state index is 12.9. The highest BCUT2D eigenvalue weighted by Crippen LogP contribution is 2.35. The number of ether oxygens (including phenoxy) is 2. The van der Waals surface area contributed by atoms with Crippen molar-refractivity contribution in [1.29, 1.82) is 0 Å². The average molecular weight is 477 g/mol. The highest BCUT2D eigenvalue weighted by molar-refractivity contribution is 6.30. The van der Waals surface area contributed by atoms with Crippen molar-refractivity contribution in [3.8, 4) is 22.8 Å². The molecule has 6 nitrogen and oxygen atoms in total. The molecule has 7 heteroatoms. The second-order valence-electron chi connectivity index (χ2n) is 7.51. The lowest BCUT2D eigenvalue weighted by molar-refractivity contribution is -0.136. The summed E-state index contributed by atoms with van der Waals surface area (Å²) in [5.41, 5.74) is 2.90. The first-order valence-electron chi connectivity index (χ1n) is 10.4. The minimum atomic E-state index is -0.997. The molecule has 34 heavy (non-hydrogen) atoms. The zero-order chi connectivity index (χ0) is 24.2. The number of carbonyl (C=O) groups is 2. The van der Waals surface area contributed by atoms with E-state index in [1.54, 1.807) is 74.9 Å². The van der Waals surface area contributed by atoms with Crippen LogP contribution in [0.25, 0.3) is 28.4 Å². The van der Waals surface area contributed by atoms with Crippen LogP contribution in [-0.4, -0.2) is 31.1 Å². The molecule has 1 N–H and O–H groups in total. The quantitative estimate of drug-likeness (QED) is 0.237. The van der Waals surface area contributed by atoms with E-state index in [-0.39, 0.29) is 12.2 Å². The van der Waals surface area contributed by atoms with Crippen molar-refractivity contribution in [1.82, 2.24) is 0 Å². The average Bonchev–Trinajstić information content (AvgIpc) is 3.19. The third-order valence-corrected chi connectivity index (χ3v) is 5.60. The number of methoxy groups -OCH3 is 2. The predicted molar refractivity (Wildman–Crippen MR) is 131 cm³/mol. The highest BCUT2D eigenvalue weighted by Gasteiger charge is 2.19. The summed E-state index contributed by atoms with van der Waals surface area (Å²) in [6, 6.07) is 17.3. The van der Waals surface area contributed by atoms with Gasteiger partial charge in [0.1, 0.15) is 11.3 Å². The number of fused-ring (bicyclic) bond motifs is 1. The van der Waals surface area contributed by atoms with Gasteiger partial charge in [-0.2, -0.15) is 0 Å². The van der Waals surface area contributed by atoms with Crippen molar-refractivity contribution in [3.63, 3.8) is 0 Å². The van der Waals surface area contributed by atoms with E-state index in [0.29, 0.717) is 49.9 Å². The summed E-state index contributed by atoms with van der Waals surface area (Å²) in [7, 11) is 3.10. The van der Waals surface area contributed by atoms with Crippen LogP contribution in [0.2, 0.25) is 5.02 Å². The first-order valence-corrected chi connectivity index (χ1v) is 10.7. The van der Waals surface area contributed by atoms with E-state index >= 15 is 0 Å². The van der Waals surface area contributed by atoms with E-state index in [1.807, 2.05) is 6.07 Å². The minimum Gasteiger partial charge on any atom is -0.493 e. The number of halogens is 1. The zero-order valence-corrected chi connectivity index (χ0v) is 19.3. The van der Waals surface area contributed by atoms with Gasteiger partial charge in [-0.05, 0) is 66.2 Å². The first kappa shape index (κ1) is 23.1. The Morgan fingerprint density at radius 3 is 2.38 bits per heavy atom. The van der Waals surface area contributed by atoms with E-state index in [9.17, 15) is 14.7 Å². The molecule has 4 aromatic rings. The second kappa shape index (κ2) is 9.85. The second-order valence-corrected chi connectivity index (χ2v) is 7.95. The van der Waals surface area contributed by atoms with E-state index in [1.165, 1.54) is 6.08 Å². The van der Waals surface area contributed by atoms with Crippen molar-refractivity contribution < 1.29 is 28.6 Å². The van der Waals surface area contributed by atoms with Crippen LogP contribution in [0.4, 0.5) is 0 Å². The van der Waals surface area contributed by atoms with Crippen LogP contribution in [0.3, 0.4) is 0 Å². The maximum absolute atomic E-state index is 12.9. The summed E-state index contributed by atoms with van der Waals surface area (Å²) >= 11 is 5.98. The van der Waals surface area contributed by atoms with Crippen LogP contribution in [0.15, 0.2) is 71.2 Å². The number of ketones is 1. The molecule has 0 atom stereocenters. The van der Waals surface area contributed by atoms with Crippen molar-refractivity contribution in [2.45, 2.75) is 6.42 Å². The van der Waals surface area contributed by atoms with E-state index < -0.39 is 5.97 Å². The van der Waals surface area contributed by atoms with Crippen molar-refractivity contribution in [2.75, 3.05) is 14.2 Å². The number of furan rings is 1. The topological polar surface area (TPSA) is 86.0 Å². The Bertz CT molecular complexity index is 1400. The van der Waals surface area contributed by atoms with Gasteiger partial charge in [0.2, 0.25) is 0 Å². The predicted octanol–water partition coefficient (Wildman–Crippen LogP) is 6.29. The van der Waals surface area contributed by atoms with Crippen LogP contribution in [0.5, 0.6) is 11.5 Å². The Morgan fingerprint density at radius 1 is 0.971 bits per heavy atom. The fourth-order valence-electron chi connectivity index (χ4n) is 3.69. The molecule has 0 bridgehead atoms. The van der Waals surface area contributed by atoms with Gasteiger partial charge in [0.15, 0.2) is 17.3 Å². The standard InChI is InChI=1S/C27H21ClO6/c1-32-24-11-4-16(13-25(24)33-2)3-10-22(29)18-7-12-23-20(14-18)21(15-26(30)31)27(34-23)17-5-8-19(28)9-6-17/h3-14H,15H2,1-2H3,(H,30,31)/b10-3+. The number of aliphatic carboxylic acids is 1. The summed E-state index contributed by atoms with van der Waals surface area (Å²) in [6.07, 6.45) is 2.89. The van der Waals surface area contributed by atoms with Gasteiger partial charge < -0.3 is 19.0 Å². The molecule has 1 heterocycles. The molecule has 0 aliphatic heterocycles. The summed E-state index contributed by atoms with van der Waals surface area (Å²) in [6.45, 7) is 0. The van der Waals surface area contributed by atoms with E-state index in [4.69, 9.17) is 25.5 Å². The molecule has 0 aliphatic carbocycles. The molecule has 0 aliphatic rings. The van der Waals surface area contributed by atoms with Crippen LogP contribution in [0.1, 0.15) is 21.5 Å². The summed E-state index contributed by atoms with van der Waals surface area (Å²) in [4.78, 5) is 24.4. The normalized spacial score (nSPS) is 11.1. The van der Waals surface area contributed by atoms with E-state index in [0.717, 1.165) is 5.56 Å². The van der Waals surface area contributed by atoms with Gasteiger partial charge in [0, 0.05) is 27.1 Å². The van der Waals surface area contributed by atoms with Gasteiger partial charge in [-0.1, -0.05) is 23.7 Å². The Hall–Kier alpha value is -4.03. The number of rotatable bonds is 8. The van der Waals surface area contributed by atoms with Crippen molar-refractivity contribution >= 4 is 40.4 Å². The van der Waals surface area contributed by atoms with Crippen molar-refractivity contribution in [3.05, 3.63) is 88.5 Å². The first-order chi connectivity index (χ1) is 16.4. The fraction of sp³-hybridized carbons (Fsp3) is 0.111. The minimum absolute atomic E-state index is 0.229. The summed E-state index contributed by atoms with van der Waals surface area (Å²) < 4.78 is 16.5. The van der Waals surface area contributed by atoms with Gasteiger partial charge in [-0.15, -0.1) is 0 Å². The summed E-state index contributed by atoms with van der Waals surface area (Å²) in [5.74, 6) is 0.374. The van der Waals surface area contributed by atoms with Gasteiger partial charge >= 0.3 is 5.97 Å². The number of hydrogen-bond acceptors (Lipinski definition) is 5. The molecular weight excluding hydrogens is 456 g/mol. The Labute approximate surface area is 201 Å². The third-order valence-electron chi connectivity index (χ3n) is 5.34. The lowest BCUT2D eigenvalue weighted by Crippen LogP contribution is -2.01. The molecule has 172 valence electrons. The van der Waals surface area contributed by atoms with Gasteiger partial charge in [-0.3, -0.25) is 9.59 Å². The largest absolute Gasteiger partial charge is 0.493 e. The highest BCUT2D eigenvalue weighted by atomic mass is 35.5. The number of hydrogen-bond donors (Lipinski definition) is 1. The Morgan fingerprint density at radius 2 is 1.71 bits per heavy atom. The molecule has 0 radical (unpaired) electrons. The van der Waals surface area contributed by atoms with Crippen LogP contribution in [-0.2, 0) is 11.2 Å². The smallest absolute Gasteiger partial charge is 0.307 e. The molecule has 1 aromatic heterocycles. The number of carboxylic acid groups (broad SMARTS) is 1. The van der Waals surface area contributed by atoms with Crippen LogP contribution < -0.4 is 9.47 Å². The third kappa shape index (κ3) is 4.82. The van der Waals surface area contributed by atoms with Gasteiger partial charge in [0.25, 0.3) is 0 Å². The SMILES string of the molecule is COc1ccc(/C=C/C(=O)c2ccc3oc(-c4ccc(Cl)cc4)c(CC(=O)O)c3c2)cc1OC. The molecule has 0 amide bonds. The molecule has 0 spiro atoms. The molecule has 0 fully saturated rings. The Balaban J connectivity index is 1.69. The summed E-state index contributed by atoms with van der Waals surface area (Å²) in [5, 5.41) is 10.6. The van der Waals surface area contributed by atoms with Gasteiger partial charge in [0.05, 0.1) is 20.6 Å². The number of carboxylic acids is 1. The lowest BCUT2D eigenvalue weighted by Gasteiger charge is -2.07. The molecule has 0 saturated carbocycles. The monoisotopic (exact) mass is 476 g/mol. The lowest BCUT2D eigenvalue weighted by atomic mass is 10.0. The van der Waals surface area contributed by atoms with Crippen LogP contribution >= 0.6 is 11.6 Å². The number of benzene rings is 3. The maximum Gasteiger partial charge on any atom is 0.307 e. The number of allylic oxidation sites excluding steroid dienone is 1. The van der Waals surface area contributed by atoms with Gasteiger partial charge in [-0.25, -0.2) is 0 Å². The Kier molecular flexibility index (Phi) is 6.70. The molecular formula is C27H21ClO6. The van der Waals surface area contributed by atoms with Crippen molar-refractivity contribution in [2.24, 2.45) is 0 Å². The zero-order valence-electron chi connectivity index (χ0n) is 18.5. The molecule has 0 saturated heterocycles. The van der Waals surface area contributed by atoms with Crippen LogP contribution in [0, 0.1) is 0 Å². The molecule has 0 unspecified atom stereocenters.